The Hall–Kier alpha value is -3.21. The molecule has 1 unspecified atom stereocenters. The first-order valence-corrected chi connectivity index (χ1v) is 9.61. The number of aliphatic imine (C=N–C) groups is 1. The van der Waals surface area contributed by atoms with Crippen molar-refractivity contribution in [3.8, 4) is 11.3 Å². The molecule has 0 aliphatic heterocycles. The minimum Gasteiger partial charge on any atom is -0.370 e. The first kappa shape index (κ1) is 19.5. The van der Waals surface area contributed by atoms with Gasteiger partial charge >= 0.3 is 0 Å². The number of aromatic nitrogens is 1. The van der Waals surface area contributed by atoms with Crippen LogP contribution in [0.1, 0.15) is 42.6 Å². The summed E-state index contributed by atoms with van der Waals surface area (Å²) in [5.74, 6) is -0.0463. The molecule has 144 valence electrons. The van der Waals surface area contributed by atoms with Crippen LogP contribution in [0, 0.1) is 5.92 Å². The van der Waals surface area contributed by atoms with Crippen LogP contribution in [0.4, 0.5) is 0 Å². The summed E-state index contributed by atoms with van der Waals surface area (Å²) in [5, 5.41) is 0.735. The number of para-hydroxylation sites is 1. The summed E-state index contributed by atoms with van der Waals surface area (Å²) in [5.41, 5.74) is 15.1. The average molecular weight is 374 g/mol. The summed E-state index contributed by atoms with van der Waals surface area (Å²) in [4.78, 5) is 21.2. The minimum atomic E-state index is -0.461. The number of aryl methyl sites for hydroxylation is 1. The maximum atomic E-state index is 12.6. The zero-order valence-electron chi connectivity index (χ0n) is 16.4. The van der Waals surface area contributed by atoms with Crippen LogP contribution in [0.25, 0.3) is 22.2 Å². The van der Waals surface area contributed by atoms with Gasteiger partial charge < -0.3 is 11.5 Å². The van der Waals surface area contributed by atoms with Crippen LogP contribution >= 0.6 is 0 Å². The van der Waals surface area contributed by atoms with E-state index in [-0.39, 0.29) is 5.96 Å². The van der Waals surface area contributed by atoms with Crippen LogP contribution in [0.3, 0.4) is 0 Å². The predicted molar refractivity (Wildman–Crippen MR) is 115 cm³/mol. The van der Waals surface area contributed by atoms with Gasteiger partial charge in [-0.3, -0.25) is 4.79 Å². The first-order chi connectivity index (χ1) is 13.5. The van der Waals surface area contributed by atoms with Gasteiger partial charge in [0.15, 0.2) is 5.96 Å². The summed E-state index contributed by atoms with van der Waals surface area (Å²) in [7, 11) is 0. The molecule has 5 nitrogen and oxygen atoms in total. The largest absolute Gasteiger partial charge is 0.370 e. The normalized spacial score (nSPS) is 11.9. The highest BCUT2D eigenvalue weighted by molar-refractivity contribution is 6.10. The molecule has 4 N–H and O–H groups in total. The van der Waals surface area contributed by atoms with Crippen LogP contribution in [0.2, 0.25) is 0 Å². The number of nitrogens with zero attached hydrogens (tertiary/aromatic N) is 2. The van der Waals surface area contributed by atoms with E-state index in [4.69, 9.17) is 16.5 Å². The second-order valence-corrected chi connectivity index (χ2v) is 7.12. The SMILES string of the molecule is CCC(C)CCc1ccccc1-c1cc(C(=O)N=C(N)N)c2ccccc2n1. The van der Waals surface area contributed by atoms with Gasteiger partial charge in [0.25, 0.3) is 5.91 Å². The van der Waals surface area contributed by atoms with Crippen molar-refractivity contribution in [2.45, 2.75) is 33.1 Å². The highest BCUT2D eigenvalue weighted by Gasteiger charge is 2.15. The Labute approximate surface area is 165 Å². The second kappa shape index (κ2) is 8.65. The van der Waals surface area contributed by atoms with Crippen molar-refractivity contribution < 1.29 is 4.79 Å². The van der Waals surface area contributed by atoms with Gasteiger partial charge in [-0.1, -0.05) is 62.7 Å². The van der Waals surface area contributed by atoms with Crippen molar-refractivity contribution in [1.29, 1.82) is 0 Å². The Balaban J connectivity index is 2.12. The van der Waals surface area contributed by atoms with Gasteiger partial charge in [0, 0.05) is 10.9 Å². The van der Waals surface area contributed by atoms with Crippen LogP contribution in [-0.4, -0.2) is 16.9 Å². The standard InChI is InChI=1S/C23H26N4O/c1-3-15(2)12-13-16-8-4-5-9-17(16)21-14-19(22(28)27-23(24)25)18-10-6-7-11-20(18)26-21/h4-11,14-15H,3,12-13H2,1-2H3,(H4,24,25,27,28). The number of guanidine groups is 1. The summed E-state index contributed by atoms with van der Waals surface area (Å²) in [6.45, 7) is 4.48. The van der Waals surface area contributed by atoms with Crippen molar-refractivity contribution in [2.75, 3.05) is 0 Å². The number of carbonyl (C=O) groups is 1. The Morgan fingerprint density at radius 1 is 1.11 bits per heavy atom. The minimum absolute atomic E-state index is 0.249. The molecular formula is C23H26N4O. The van der Waals surface area contributed by atoms with Gasteiger partial charge in [-0.2, -0.15) is 4.99 Å². The molecule has 0 bridgehead atoms. The van der Waals surface area contributed by atoms with Gasteiger partial charge in [-0.15, -0.1) is 0 Å². The summed E-state index contributed by atoms with van der Waals surface area (Å²) in [6, 6.07) is 17.5. The quantitative estimate of drug-likeness (QED) is 0.497. The predicted octanol–water partition coefficient (Wildman–Crippen LogP) is 4.29. The van der Waals surface area contributed by atoms with Crippen molar-refractivity contribution in [3.63, 3.8) is 0 Å². The van der Waals surface area contributed by atoms with Crippen molar-refractivity contribution in [1.82, 2.24) is 4.98 Å². The molecule has 0 fully saturated rings. The molecule has 28 heavy (non-hydrogen) atoms. The smallest absolute Gasteiger partial charge is 0.280 e. The number of nitrogens with two attached hydrogens (primary N) is 2. The third-order valence-corrected chi connectivity index (χ3v) is 5.07. The van der Waals surface area contributed by atoms with Crippen LogP contribution < -0.4 is 11.5 Å². The van der Waals surface area contributed by atoms with E-state index >= 15 is 0 Å². The van der Waals surface area contributed by atoms with Crippen molar-refractivity contribution in [2.24, 2.45) is 22.4 Å². The number of amides is 1. The molecule has 2 aromatic carbocycles. The number of rotatable bonds is 6. The van der Waals surface area contributed by atoms with E-state index in [9.17, 15) is 4.79 Å². The number of hydrogen-bond acceptors (Lipinski definition) is 2. The number of benzene rings is 2. The Bertz CT molecular complexity index is 1020. The number of hydrogen-bond donors (Lipinski definition) is 2. The van der Waals surface area contributed by atoms with Crippen molar-refractivity contribution >= 4 is 22.8 Å². The molecule has 0 aliphatic carbocycles. The zero-order valence-corrected chi connectivity index (χ0v) is 16.4. The lowest BCUT2D eigenvalue weighted by atomic mass is 9.94. The third kappa shape index (κ3) is 4.36. The Morgan fingerprint density at radius 3 is 2.57 bits per heavy atom. The lowest BCUT2D eigenvalue weighted by molar-refractivity contribution is 0.100. The molecule has 0 radical (unpaired) electrons. The second-order valence-electron chi connectivity index (χ2n) is 7.12. The highest BCUT2D eigenvalue weighted by atomic mass is 16.1. The monoisotopic (exact) mass is 374 g/mol. The molecule has 1 heterocycles. The maximum absolute atomic E-state index is 12.6. The fraction of sp³-hybridized carbons (Fsp3) is 0.261. The van der Waals surface area contributed by atoms with Gasteiger partial charge in [-0.05, 0) is 36.5 Å². The molecule has 3 rings (SSSR count). The Morgan fingerprint density at radius 2 is 1.82 bits per heavy atom. The number of carbonyl (C=O) groups excluding carboxylic acids is 1. The zero-order chi connectivity index (χ0) is 20.1. The lowest BCUT2D eigenvalue weighted by Gasteiger charge is -2.13. The molecule has 5 heteroatoms. The Kier molecular flexibility index (Phi) is 6.04. The summed E-state index contributed by atoms with van der Waals surface area (Å²) in [6.07, 6.45) is 3.24. The average Bonchev–Trinajstić information content (AvgIpc) is 2.70. The third-order valence-electron chi connectivity index (χ3n) is 5.07. The van der Waals surface area contributed by atoms with E-state index in [2.05, 4.69) is 31.0 Å². The molecule has 0 aliphatic rings. The summed E-state index contributed by atoms with van der Waals surface area (Å²) < 4.78 is 0. The van der Waals surface area contributed by atoms with Crippen LogP contribution in [0.15, 0.2) is 59.6 Å². The highest BCUT2D eigenvalue weighted by Crippen LogP contribution is 2.29. The molecule has 0 saturated carbocycles. The lowest BCUT2D eigenvalue weighted by Crippen LogP contribution is -2.24. The maximum Gasteiger partial charge on any atom is 0.280 e. The fourth-order valence-electron chi connectivity index (χ4n) is 3.26. The van der Waals surface area contributed by atoms with Gasteiger partial charge in [0.1, 0.15) is 0 Å². The van der Waals surface area contributed by atoms with E-state index in [1.54, 1.807) is 6.07 Å². The van der Waals surface area contributed by atoms with Crippen molar-refractivity contribution in [3.05, 3.63) is 65.7 Å². The molecule has 0 saturated heterocycles. The van der Waals surface area contributed by atoms with Gasteiger partial charge in [0.2, 0.25) is 0 Å². The van der Waals surface area contributed by atoms with E-state index in [1.165, 1.54) is 5.56 Å². The molecular weight excluding hydrogens is 348 g/mol. The van der Waals surface area contributed by atoms with E-state index in [0.29, 0.717) is 11.5 Å². The molecule has 0 spiro atoms. The first-order valence-electron chi connectivity index (χ1n) is 9.61. The summed E-state index contributed by atoms with van der Waals surface area (Å²) >= 11 is 0. The van der Waals surface area contributed by atoms with E-state index in [0.717, 1.165) is 41.4 Å². The van der Waals surface area contributed by atoms with Crippen LogP contribution in [-0.2, 0) is 6.42 Å². The van der Waals surface area contributed by atoms with Gasteiger partial charge in [-0.25, -0.2) is 4.98 Å². The fourth-order valence-corrected chi connectivity index (χ4v) is 3.26. The van der Waals surface area contributed by atoms with E-state index in [1.807, 2.05) is 36.4 Å². The van der Waals surface area contributed by atoms with Crippen LogP contribution in [0.5, 0.6) is 0 Å². The molecule has 3 aromatic rings. The topological polar surface area (TPSA) is 94.4 Å². The molecule has 1 aromatic heterocycles. The number of pyridine rings is 1. The van der Waals surface area contributed by atoms with E-state index < -0.39 is 5.91 Å². The van der Waals surface area contributed by atoms with Gasteiger partial charge in [0.05, 0.1) is 16.8 Å². The number of fused-ring (bicyclic) bond motifs is 1. The molecule has 1 atom stereocenters. The molecule has 1 amide bonds.